The van der Waals surface area contributed by atoms with E-state index < -0.39 is 6.10 Å². The fourth-order valence-electron chi connectivity index (χ4n) is 2.22. The van der Waals surface area contributed by atoms with Crippen LogP contribution in [0.25, 0.3) is 0 Å². The summed E-state index contributed by atoms with van der Waals surface area (Å²) in [5, 5.41) is 9.52. The van der Waals surface area contributed by atoms with E-state index in [0.717, 1.165) is 49.5 Å². The Morgan fingerprint density at radius 1 is 1.39 bits per heavy atom. The molecule has 2 rings (SSSR count). The van der Waals surface area contributed by atoms with Crippen molar-refractivity contribution in [1.29, 1.82) is 0 Å². The molecule has 3 heteroatoms. The van der Waals surface area contributed by atoms with Crippen molar-refractivity contribution in [1.82, 2.24) is 0 Å². The van der Waals surface area contributed by atoms with E-state index in [1.807, 2.05) is 25.1 Å². The highest BCUT2D eigenvalue weighted by Crippen LogP contribution is 2.24. The SMILES string of the molecule is Cc1cc(C(C)O)ccc1OCC1CCOCC1. The normalized spacial score (nSPS) is 18.6. The van der Waals surface area contributed by atoms with Gasteiger partial charge in [-0.05, 0) is 55.9 Å². The van der Waals surface area contributed by atoms with Gasteiger partial charge in [-0.15, -0.1) is 0 Å². The molecule has 0 amide bonds. The summed E-state index contributed by atoms with van der Waals surface area (Å²) < 4.78 is 11.2. The van der Waals surface area contributed by atoms with Crippen molar-refractivity contribution < 1.29 is 14.6 Å². The Morgan fingerprint density at radius 2 is 2.11 bits per heavy atom. The van der Waals surface area contributed by atoms with Gasteiger partial charge in [-0.25, -0.2) is 0 Å². The first kappa shape index (κ1) is 13.4. The average molecular weight is 250 g/mol. The van der Waals surface area contributed by atoms with Crippen LogP contribution in [0.2, 0.25) is 0 Å². The topological polar surface area (TPSA) is 38.7 Å². The van der Waals surface area contributed by atoms with Gasteiger partial charge in [0.05, 0.1) is 12.7 Å². The summed E-state index contributed by atoms with van der Waals surface area (Å²) >= 11 is 0. The highest BCUT2D eigenvalue weighted by molar-refractivity contribution is 5.36. The third kappa shape index (κ3) is 3.47. The maximum Gasteiger partial charge on any atom is 0.122 e. The number of aliphatic hydroxyl groups is 1. The van der Waals surface area contributed by atoms with Gasteiger partial charge in [0.15, 0.2) is 0 Å². The molecule has 1 aromatic rings. The van der Waals surface area contributed by atoms with E-state index in [9.17, 15) is 5.11 Å². The Bertz CT molecular complexity index is 381. The number of rotatable bonds is 4. The van der Waals surface area contributed by atoms with Crippen LogP contribution in [0.15, 0.2) is 18.2 Å². The molecule has 100 valence electrons. The number of aliphatic hydroxyl groups excluding tert-OH is 1. The quantitative estimate of drug-likeness (QED) is 0.893. The minimum absolute atomic E-state index is 0.423. The fourth-order valence-corrected chi connectivity index (χ4v) is 2.22. The third-order valence-corrected chi connectivity index (χ3v) is 3.50. The standard InChI is InChI=1S/C15H22O3/c1-11-9-14(12(2)16)3-4-15(11)18-10-13-5-7-17-8-6-13/h3-4,9,12-13,16H,5-8,10H2,1-2H3. The maximum absolute atomic E-state index is 9.52. The Balaban J connectivity index is 1.92. The minimum atomic E-state index is -0.423. The highest BCUT2D eigenvalue weighted by atomic mass is 16.5. The smallest absolute Gasteiger partial charge is 0.122 e. The Kier molecular flexibility index (Phi) is 4.61. The van der Waals surface area contributed by atoms with Crippen molar-refractivity contribution in [2.45, 2.75) is 32.8 Å². The van der Waals surface area contributed by atoms with Crippen molar-refractivity contribution in [2.24, 2.45) is 5.92 Å². The van der Waals surface area contributed by atoms with E-state index in [0.29, 0.717) is 5.92 Å². The van der Waals surface area contributed by atoms with Gasteiger partial charge in [-0.1, -0.05) is 6.07 Å². The molecule has 1 saturated heterocycles. The molecule has 1 aromatic carbocycles. The maximum atomic E-state index is 9.52. The molecule has 0 aliphatic carbocycles. The molecule has 1 N–H and O–H groups in total. The summed E-state index contributed by atoms with van der Waals surface area (Å²) in [4.78, 5) is 0. The average Bonchev–Trinajstić information content (AvgIpc) is 2.38. The predicted molar refractivity (Wildman–Crippen MR) is 70.9 cm³/mol. The van der Waals surface area contributed by atoms with Gasteiger partial charge in [0.1, 0.15) is 5.75 Å². The molecule has 0 bridgehead atoms. The second kappa shape index (κ2) is 6.21. The zero-order valence-electron chi connectivity index (χ0n) is 11.2. The second-order valence-electron chi connectivity index (χ2n) is 5.07. The van der Waals surface area contributed by atoms with E-state index in [-0.39, 0.29) is 0 Å². The molecule has 1 unspecified atom stereocenters. The molecule has 0 aromatic heterocycles. The Morgan fingerprint density at radius 3 is 2.72 bits per heavy atom. The predicted octanol–water partition coefficient (Wildman–Crippen LogP) is 2.85. The summed E-state index contributed by atoms with van der Waals surface area (Å²) in [5.41, 5.74) is 2.02. The molecule has 0 radical (unpaired) electrons. The monoisotopic (exact) mass is 250 g/mol. The van der Waals surface area contributed by atoms with Crippen LogP contribution in [-0.2, 0) is 4.74 Å². The van der Waals surface area contributed by atoms with Gasteiger partial charge in [0.2, 0.25) is 0 Å². The van der Waals surface area contributed by atoms with Crippen LogP contribution in [0.3, 0.4) is 0 Å². The summed E-state index contributed by atoms with van der Waals surface area (Å²) in [6, 6.07) is 5.87. The minimum Gasteiger partial charge on any atom is -0.493 e. The first-order valence-corrected chi connectivity index (χ1v) is 6.66. The lowest BCUT2D eigenvalue weighted by atomic mass is 10.0. The van der Waals surface area contributed by atoms with Gasteiger partial charge in [-0.2, -0.15) is 0 Å². The number of ether oxygens (including phenoxy) is 2. The number of benzene rings is 1. The fraction of sp³-hybridized carbons (Fsp3) is 0.600. The largest absolute Gasteiger partial charge is 0.493 e. The molecule has 18 heavy (non-hydrogen) atoms. The molecule has 3 nitrogen and oxygen atoms in total. The van der Waals surface area contributed by atoms with Crippen molar-refractivity contribution in [3.63, 3.8) is 0 Å². The van der Waals surface area contributed by atoms with E-state index in [2.05, 4.69) is 0 Å². The molecule has 1 aliphatic heterocycles. The van der Waals surface area contributed by atoms with Crippen LogP contribution < -0.4 is 4.74 Å². The van der Waals surface area contributed by atoms with Crippen molar-refractivity contribution >= 4 is 0 Å². The third-order valence-electron chi connectivity index (χ3n) is 3.50. The lowest BCUT2D eigenvalue weighted by molar-refractivity contribution is 0.0496. The molecule has 1 aliphatic rings. The van der Waals surface area contributed by atoms with Crippen molar-refractivity contribution in [3.8, 4) is 5.75 Å². The van der Waals surface area contributed by atoms with Crippen LogP contribution in [0.5, 0.6) is 5.75 Å². The summed E-state index contributed by atoms with van der Waals surface area (Å²) in [7, 11) is 0. The molecule has 1 fully saturated rings. The Labute approximate surface area is 109 Å². The zero-order valence-corrected chi connectivity index (χ0v) is 11.2. The molecule has 1 atom stereocenters. The van der Waals surface area contributed by atoms with Crippen LogP contribution in [0, 0.1) is 12.8 Å². The molecular formula is C15H22O3. The van der Waals surface area contributed by atoms with Gasteiger partial charge in [0, 0.05) is 13.2 Å². The van der Waals surface area contributed by atoms with Crippen LogP contribution in [0.1, 0.15) is 37.0 Å². The van der Waals surface area contributed by atoms with Crippen LogP contribution >= 0.6 is 0 Å². The van der Waals surface area contributed by atoms with Gasteiger partial charge < -0.3 is 14.6 Å². The van der Waals surface area contributed by atoms with Crippen LogP contribution in [-0.4, -0.2) is 24.9 Å². The second-order valence-corrected chi connectivity index (χ2v) is 5.07. The number of hydrogen-bond acceptors (Lipinski definition) is 3. The van der Waals surface area contributed by atoms with E-state index in [1.54, 1.807) is 6.92 Å². The lowest BCUT2D eigenvalue weighted by Gasteiger charge is -2.22. The van der Waals surface area contributed by atoms with Crippen molar-refractivity contribution in [3.05, 3.63) is 29.3 Å². The summed E-state index contributed by atoms with van der Waals surface area (Å²) in [6.45, 7) is 6.27. The summed E-state index contributed by atoms with van der Waals surface area (Å²) in [5.74, 6) is 1.53. The number of aryl methyl sites for hydroxylation is 1. The Hall–Kier alpha value is -1.06. The first-order valence-electron chi connectivity index (χ1n) is 6.66. The summed E-state index contributed by atoms with van der Waals surface area (Å²) in [6.07, 6.45) is 1.75. The van der Waals surface area contributed by atoms with E-state index in [1.165, 1.54) is 0 Å². The first-order chi connectivity index (χ1) is 8.66. The molecular weight excluding hydrogens is 228 g/mol. The zero-order chi connectivity index (χ0) is 13.0. The molecule has 0 saturated carbocycles. The number of hydrogen-bond donors (Lipinski definition) is 1. The highest BCUT2D eigenvalue weighted by Gasteiger charge is 2.15. The van der Waals surface area contributed by atoms with E-state index in [4.69, 9.17) is 9.47 Å². The van der Waals surface area contributed by atoms with Gasteiger partial charge in [-0.3, -0.25) is 0 Å². The van der Waals surface area contributed by atoms with Crippen LogP contribution in [0.4, 0.5) is 0 Å². The van der Waals surface area contributed by atoms with E-state index >= 15 is 0 Å². The van der Waals surface area contributed by atoms with Crippen molar-refractivity contribution in [2.75, 3.05) is 19.8 Å². The van der Waals surface area contributed by atoms with Gasteiger partial charge in [0.25, 0.3) is 0 Å². The molecule has 0 spiro atoms. The molecule has 1 heterocycles. The van der Waals surface area contributed by atoms with Gasteiger partial charge >= 0.3 is 0 Å². The lowest BCUT2D eigenvalue weighted by Crippen LogP contribution is -2.21.